The third-order valence-corrected chi connectivity index (χ3v) is 5.29. The number of aromatic nitrogens is 1. The number of fused-ring (bicyclic) bond motifs is 1. The van der Waals surface area contributed by atoms with Gasteiger partial charge in [-0.25, -0.2) is 0 Å². The van der Waals surface area contributed by atoms with Crippen molar-refractivity contribution in [3.8, 4) is 0 Å². The van der Waals surface area contributed by atoms with Crippen molar-refractivity contribution in [3.05, 3.63) is 76.8 Å². The van der Waals surface area contributed by atoms with Crippen LogP contribution in [0.1, 0.15) is 17.5 Å². The number of rotatable bonds is 5. The number of carbonyl (C=O) groups excluding carboxylic acids is 2. The quantitative estimate of drug-likeness (QED) is 0.675. The van der Waals surface area contributed by atoms with E-state index < -0.39 is 0 Å². The fourth-order valence-corrected chi connectivity index (χ4v) is 3.90. The van der Waals surface area contributed by atoms with Crippen LogP contribution in [0.25, 0.3) is 17.0 Å². The molecule has 2 heterocycles. The lowest BCUT2D eigenvalue weighted by atomic mass is 10.1. The molecule has 2 aromatic carbocycles. The fraction of sp³-hybridized carbons (Fsp3) is 0.143. The van der Waals surface area contributed by atoms with Crippen molar-refractivity contribution in [2.45, 2.75) is 19.4 Å². The van der Waals surface area contributed by atoms with E-state index in [1.807, 2.05) is 18.2 Å². The van der Waals surface area contributed by atoms with E-state index in [4.69, 9.17) is 0 Å². The van der Waals surface area contributed by atoms with E-state index in [1.165, 1.54) is 5.56 Å². The standard InChI is InChI=1S/C21H18N2O2S/c24-20-19(26-21(25)22-20)14-16-9-4-10-18-17(16)11-13-23(18)12-5-8-15-6-2-1-3-7-15/h1-4,6-7,9-11,13-14H,5,8,12H2,(H,22,24,25). The molecule has 0 saturated carbocycles. The Hall–Kier alpha value is -2.79. The number of aryl methyl sites for hydroxylation is 2. The topological polar surface area (TPSA) is 51.1 Å². The molecule has 5 heteroatoms. The minimum absolute atomic E-state index is 0.313. The molecular formula is C21H18N2O2S. The average Bonchev–Trinajstić information content (AvgIpc) is 3.20. The summed E-state index contributed by atoms with van der Waals surface area (Å²) in [5, 5.41) is 3.07. The Kier molecular flexibility index (Phi) is 4.63. The van der Waals surface area contributed by atoms with E-state index in [0.717, 1.165) is 47.6 Å². The van der Waals surface area contributed by atoms with Crippen LogP contribution in [-0.2, 0) is 17.8 Å². The van der Waals surface area contributed by atoms with Gasteiger partial charge in [-0.2, -0.15) is 0 Å². The zero-order chi connectivity index (χ0) is 17.9. The molecule has 0 bridgehead atoms. The summed E-state index contributed by atoms with van der Waals surface area (Å²) in [4.78, 5) is 23.6. The average molecular weight is 362 g/mol. The van der Waals surface area contributed by atoms with Gasteiger partial charge in [0.1, 0.15) is 0 Å². The zero-order valence-electron chi connectivity index (χ0n) is 14.1. The molecule has 1 saturated heterocycles. The monoisotopic (exact) mass is 362 g/mol. The van der Waals surface area contributed by atoms with Gasteiger partial charge in [0, 0.05) is 23.6 Å². The van der Waals surface area contributed by atoms with Crippen LogP contribution >= 0.6 is 11.8 Å². The summed E-state index contributed by atoms with van der Waals surface area (Å²) in [5.74, 6) is -0.320. The van der Waals surface area contributed by atoms with E-state index in [-0.39, 0.29) is 11.1 Å². The van der Waals surface area contributed by atoms with Crippen LogP contribution in [0.5, 0.6) is 0 Å². The van der Waals surface area contributed by atoms with Crippen LogP contribution in [0.15, 0.2) is 65.7 Å². The predicted molar refractivity (Wildman–Crippen MR) is 106 cm³/mol. The van der Waals surface area contributed by atoms with Crippen molar-refractivity contribution in [3.63, 3.8) is 0 Å². The number of nitrogens with zero attached hydrogens (tertiary/aromatic N) is 1. The Labute approximate surface area is 155 Å². The second-order valence-electron chi connectivity index (χ2n) is 6.23. The summed E-state index contributed by atoms with van der Waals surface area (Å²) in [7, 11) is 0. The molecule has 1 aliphatic rings. The molecule has 2 amide bonds. The number of benzene rings is 2. The van der Waals surface area contributed by atoms with Crippen LogP contribution in [-0.4, -0.2) is 15.7 Å². The number of nitrogens with one attached hydrogen (secondary N) is 1. The van der Waals surface area contributed by atoms with Gasteiger partial charge in [0.2, 0.25) is 0 Å². The predicted octanol–water partition coefficient (Wildman–Crippen LogP) is 4.60. The number of carbonyl (C=O) groups is 2. The molecule has 0 spiro atoms. The number of hydrogen-bond donors (Lipinski definition) is 1. The van der Waals surface area contributed by atoms with E-state index in [9.17, 15) is 9.59 Å². The highest BCUT2D eigenvalue weighted by molar-refractivity contribution is 8.18. The molecule has 0 aliphatic carbocycles. The lowest BCUT2D eigenvalue weighted by Gasteiger charge is -2.07. The first-order valence-corrected chi connectivity index (χ1v) is 9.39. The Bertz CT molecular complexity index is 1010. The molecular weight excluding hydrogens is 344 g/mol. The lowest BCUT2D eigenvalue weighted by molar-refractivity contribution is -0.115. The molecule has 1 fully saturated rings. The van der Waals surface area contributed by atoms with Gasteiger partial charge in [0.15, 0.2) is 0 Å². The summed E-state index contributed by atoms with van der Waals surface area (Å²) in [5.41, 5.74) is 3.45. The highest BCUT2D eigenvalue weighted by Gasteiger charge is 2.25. The van der Waals surface area contributed by atoms with Gasteiger partial charge in [0.05, 0.1) is 4.91 Å². The Morgan fingerprint density at radius 3 is 2.62 bits per heavy atom. The van der Waals surface area contributed by atoms with Crippen LogP contribution in [0.3, 0.4) is 0 Å². The summed E-state index contributed by atoms with van der Waals surface area (Å²) >= 11 is 0.950. The fourth-order valence-electron chi connectivity index (χ4n) is 3.23. The SMILES string of the molecule is O=C1NC(=O)C(=Cc2cccc3c2ccn3CCCc2ccccc2)S1. The first-order valence-electron chi connectivity index (χ1n) is 8.57. The van der Waals surface area contributed by atoms with Crippen molar-refractivity contribution in [1.29, 1.82) is 0 Å². The van der Waals surface area contributed by atoms with Gasteiger partial charge in [-0.3, -0.25) is 14.9 Å². The maximum Gasteiger partial charge on any atom is 0.290 e. The Morgan fingerprint density at radius 2 is 1.85 bits per heavy atom. The van der Waals surface area contributed by atoms with E-state index in [0.29, 0.717) is 4.91 Å². The molecule has 1 aliphatic heterocycles. The number of thioether (sulfide) groups is 1. The third kappa shape index (κ3) is 3.44. The highest BCUT2D eigenvalue weighted by Crippen LogP contribution is 2.29. The Morgan fingerprint density at radius 1 is 1.00 bits per heavy atom. The van der Waals surface area contributed by atoms with Crippen molar-refractivity contribution in [2.75, 3.05) is 0 Å². The van der Waals surface area contributed by atoms with Crippen LogP contribution in [0.2, 0.25) is 0 Å². The van der Waals surface area contributed by atoms with E-state index in [1.54, 1.807) is 6.08 Å². The van der Waals surface area contributed by atoms with E-state index in [2.05, 4.69) is 52.5 Å². The van der Waals surface area contributed by atoms with Crippen molar-refractivity contribution in [2.24, 2.45) is 0 Å². The smallest absolute Gasteiger partial charge is 0.290 e. The van der Waals surface area contributed by atoms with E-state index >= 15 is 0 Å². The van der Waals surface area contributed by atoms with Gasteiger partial charge in [-0.1, -0.05) is 42.5 Å². The summed E-state index contributed by atoms with van der Waals surface area (Å²) in [6, 6.07) is 18.6. The van der Waals surface area contributed by atoms with Gasteiger partial charge >= 0.3 is 0 Å². The molecule has 0 unspecified atom stereocenters. The molecule has 4 nitrogen and oxygen atoms in total. The molecule has 0 atom stereocenters. The second-order valence-corrected chi connectivity index (χ2v) is 7.25. The number of amides is 2. The first kappa shape index (κ1) is 16.7. The van der Waals surface area contributed by atoms with Crippen molar-refractivity contribution < 1.29 is 9.59 Å². The maximum absolute atomic E-state index is 11.8. The molecule has 26 heavy (non-hydrogen) atoms. The Balaban J connectivity index is 1.54. The van der Waals surface area contributed by atoms with Crippen LogP contribution in [0.4, 0.5) is 4.79 Å². The molecule has 3 aromatic rings. The summed E-state index contributed by atoms with van der Waals surface area (Å²) < 4.78 is 2.24. The first-order chi connectivity index (χ1) is 12.7. The molecule has 130 valence electrons. The summed E-state index contributed by atoms with van der Waals surface area (Å²) in [6.07, 6.45) is 5.99. The minimum atomic E-state index is -0.320. The lowest BCUT2D eigenvalue weighted by Crippen LogP contribution is -2.17. The molecule has 0 radical (unpaired) electrons. The largest absolute Gasteiger partial charge is 0.347 e. The summed E-state index contributed by atoms with van der Waals surface area (Å²) in [6.45, 7) is 0.937. The normalized spacial score (nSPS) is 15.8. The second kappa shape index (κ2) is 7.22. The van der Waals surface area contributed by atoms with Gasteiger partial charge in [-0.05, 0) is 53.9 Å². The zero-order valence-corrected chi connectivity index (χ0v) is 15.0. The molecule has 1 aromatic heterocycles. The highest BCUT2D eigenvalue weighted by atomic mass is 32.2. The molecule has 1 N–H and O–H groups in total. The van der Waals surface area contributed by atoms with Crippen molar-refractivity contribution >= 4 is 39.9 Å². The van der Waals surface area contributed by atoms with Gasteiger partial charge in [0.25, 0.3) is 11.1 Å². The maximum atomic E-state index is 11.8. The number of imide groups is 1. The van der Waals surface area contributed by atoms with Crippen molar-refractivity contribution in [1.82, 2.24) is 9.88 Å². The third-order valence-electron chi connectivity index (χ3n) is 4.48. The van der Waals surface area contributed by atoms with Crippen LogP contribution < -0.4 is 5.32 Å². The molecule has 4 rings (SSSR count). The van der Waals surface area contributed by atoms with Crippen LogP contribution in [0, 0.1) is 0 Å². The number of hydrogen-bond acceptors (Lipinski definition) is 3. The van der Waals surface area contributed by atoms with Gasteiger partial charge < -0.3 is 4.57 Å². The van der Waals surface area contributed by atoms with Gasteiger partial charge in [-0.15, -0.1) is 0 Å². The minimum Gasteiger partial charge on any atom is -0.347 e.